The molecule has 3 rings (SSSR count). The van der Waals surface area contributed by atoms with Crippen LogP contribution in [0.5, 0.6) is 0 Å². The van der Waals surface area contributed by atoms with E-state index in [1.54, 1.807) is 0 Å². The molecule has 0 aromatic heterocycles. The molecule has 3 aliphatic rings. The summed E-state index contributed by atoms with van der Waals surface area (Å²) in [6, 6.07) is 0. The SMILES string of the molecule is O[C@@H](C1CCOC1)N1CC2=C(CNC2)C1. The average molecular weight is 210 g/mol. The van der Waals surface area contributed by atoms with Gasteiger partial charge in [0.05, 0.1) is 6.61 Å². The first-order valence-corrected chi connectivity index (χ1v) is 5.75. The summed E-state index contributed by atoms with van der Waals surface area (Å²) in [5, 5.41) is 13.5. The first-order chi connectivity index (χ1) is 7.34. The summed E-state index contributed by atoms with van der Waals surface area (Å²) in [5.41, 5.74) is 2.99. The Morgan fingerprint density at radius 1 is 1.33 bits per heavy atom. The topological polar surface area (TPSA) is 44.7 Å². The second kappa shape index (κ2) is 3.87. The van der Waals surface area contributed by atoms with Gasteiger partial charge in [-0.2, -0.15) is 0 Å². The summed E-state index contributed by atoms with van der Waals surface area (Å²) >= 11 is 0. The molecule has 4 heteroatoms. The molecule has 4 nitrogen and oxygen atoms in total. The molecule has 0 amide bonds. The summed E-state index contributed by atoms with van der Waals surface area (Å²) < 4.78 is 5.32. The smallest absolute Gasteiger partial charge is 0.113 e. The zero-order valence-corrected chi connectivity index (χ0v) is 8.91. The molecule has 0 aliphatic carbocycles. The number of hydrogen-bond donors (Lipinski definition) is 2. The molecule has 1 fully saturated rings. The highest BCUT2D eigenvalue weighted by Crippen LogP contribution is 2.26. The Morgan fingerprint density at radius 2 is 2.07 bits per heavy atom. The van der Waals surface area contributed by atoms with Gasteiger partial charge in [0.25, 0.3) is 0 Å². The van der Waals surface area contributed by atoms with E-state index < -0.39 is 0 Å². The molecule has 0 saturated carbocycles. The van der Waals surface area contributed by atoms with Crippen molar-refractivity contribution < 1.29 is 9.84 Å². The molecule has 1 saturated heterocycles. The average Bonchev–Trinajstić information content (AvgIpc) is 2.92. The fraction of sp³-hybridized carbons (Fsp3) is 0.818. The predicted molar refractivity (Wildman–Crippen MR) is 56.4 cm³/mol. The minimum absolute atomic E-state index is 0.307. The van der Waals surface area contributed by atoms with Gasteiger partial charge in [0.15, 0.2) is 0 Å². The van der Waals surface area contributed by atoms with Gasteiger partial charge in [-0.05, 0) is 17.6 Å². The Hall–Kier alpha value is -0.420. The molecule has 0 aromatic carbocycles. The molecule has 3 aliphatic heterocycles. The van der Waals surface area contributed by atoms with Crippen LogP contribution < -0.4 is 5.32 Å². The number of hydrogen-bond acceptors (Lipinski definition) is 4. The number of rotatable bonds is 2. The van der Waals surface area contributed by atoms with Crippen LogP contribution in [-0.2, 0) is 4.74 Å². The standard InChI is InChI=1S/C11H18N2O2/c14-11(8-1-2-15-7-8)13-5-9-3-12-4-10(9)6-13/h8,11-12,14H,1-7H2/t8?,11-/m0/s1. The van der Waals surface area contributed by atoms with E-state index in [0.29, 0.717) is 5.92 Å². The van der Waals surface area contributed by atoms with Crippen molar-refractivity contribution in [2.24, 2.45) is 5.92 Å². The molecule has 15 heavy (non-hydrogen) atoms. The third-order valence-corrected chi connectivity index (χ3v) is 3.73. The van der Waals surface area contributed by atoms with Crippen molar-refractivity contribution in [1.29, 1.82) is 0 Å². The van der Waals surface area contributed by atoms with Crippen LogP contribution in [0.3, 0.4) is 0 Å². The number of aliphatic hydroxyl groups excluding tert-OH is 1. The molecule has 2 N–H and O–H groups in total. The van der Waals surface area contributed by atoms with Crippen molar-refractivity contribution in [3.8, 4) is 0 Å². The summed E-state index contributed by atoms with van der Waals surface area (Å²) in [5.74, 6) is 0.318. The van der Waals surface area contributed by atoms with Crippen LogP contribution in [0.2, 0.25) is 0 Å². The Morgan fingerprint density at radius 3 is 2.67 bits per heavy atom. The number of nitrogens with one attached hydrogen (secondary N) is 1. The van der Waals surface area contributed by atoms with E-state index in [2.05, 4.69) is 10.2 Å². The largest absolute Gasteiger partial charge is 0.381 e. The molecule has 0 radical (unpaired) electrons. The molecule has 2 atom stereocenters. The van der Waals surface area contributed by atoms with Gasteiger partial charge in [-0.25, -0.2) is 0 Å². The van der Waals surface area contributed by atoms with Crippen LogP contribution >= 0.6 is 0 Å². The molecular weight excluding hydrogens is 192 g/mol. The van der Waals surface area contributed by atoms with E-state index >= 15 is 0 Å². The molecule has 84 valence electrons. The van der Waals surface area contributed by atoms with Crippen molar-refractivity contribution in [2.45, 2.75) is 12.6 Å². The maximum Gasteiger partial charge on any atom is 0.113 e. The highest BCUT2D eigenvalue weighted by atomic mass is 16.5. The lowest BCUT2D eigenvalue weighted by molar-refractivity contribution is -0.0277. The van der Waals surface area contributed by atoms with E-state index in [1.807, 2.05) is 0 Å². The normalized spacial score (nSPS) is 33.8. The summed E-state index contributed by atoms with van der Waals surface area (Å²) in [4.78, 5) is 2.19. The van der Waals surface area contributed by atoms with E-state index in [-0.39, 0.29) is 6.23 Å². The van der Waals surface area contributed by atoms with E-state index in [0.717, 1.165) is 45.8 Å². The molecule has 0 spiro atoms. The first kappa shape index (κ1) is 9.78. The van der Waals surface area contributed by atoms with Crippen molar-refractivity contribution in [3.63, 3.8) is 0 Å². The zero-order chi connectivity index (χ0) is 10.3. The van der Waals surface area contributed by atoms with Crippen LogP contribution in [-0.4, -0.2) is 55.6 Å². The number of aliphatic hydroxyl groups is 1. The molecule has 0 aromatic rings. The van der Waals surface area contributed by atoms with Gasteiger partial charge in [0.2, 0.25) is 0 Å². The third kappa shape index (κ3) is 1.72. The van der Waals surface area contributed by atoms with Crippen LogP contribution in [0, 0.1) is 5.92 Å². The highest BCUT2D eigenvalue weighted by Gasteiger charge is 2.34. The highest BCUT2D eigenvalue weighted by molar-refractivity contribution is 5.29. The number of nitrogens with zero attached hydrogens (tertiary/aromatic N) is 1. The van der Waals surface area contributed by atoms with Crippen molar-refractivity contribution in [2.75, 3.05) is 39.4 Å². The molecular formula is C11H18N2O2. The first-order valence-electron chi connectivity index (χ1n) is 5.75. The third-order valence-electron chi connectivity index (χ3n) is 3.73. The summed E-state index contributed by atoms with van der Waals surface area (Å²) in [7, 11) is 0. The maximum absolute atomic E-state index is 10.2. The monoisotopic (exact) mass is 210 g/mol. The fourth-order valence-corrected chi connectivity index (χ4v) is 2.77. The molecule has 3 heterocycles. The quantitative estimate of drug-likeness (QED) is 0.606. The van der Waals surface area contributed by atoms with Crippen LogP contribution in [0.1, 0.15) is 6.42 Å². The van der Waals surface area contributed by atoms with E-state index in [1.165, 1.54) is 11.1 Å². The summed E-state index contributed by atoms with van der Waals surface area (Å²) in [6.07, 6.45) is 0.693. The van der Waals surface area contributed by atoms with E-state index in [4.69, 9.17) is 4.74 Å². The zero-order valence-electron chi connectivity index (χ0n) is 8.91. The van der Waals surface area contributed by atoms with Gasteiger partial charge in [0.1, 0.15) is 6.23 Å². The minimum atomic E-state index is -0.307. The van der Waals surface area contributed by atoms with Crippen molar-refractivity contribution >= 4 is 0 Å². The van der Waals surface area contributed by atoms with Gasteiger partial charge in [0, 0.05) is 38.7 Å². The molecule has 1 unspecified atom stereocenters. The Balaban J connectivity index is 1.60. The van der Waals surface area contributed by atoms with Gasteiger partial charge in [-0.1, -0.05) is 0 Å². The van der Waals surface area contributed by atoms with Gasteiger partial charge >= 0.3 is 0 Å². The maximum atomic E-state index is 10.2. The molecule has 0 bridgehead atoms. The van der Waals surface area contributed by atoms with Crippen LogP contribution in [0.4, 0.5) is 0 Å². The second-order valence-electron chi connectivity index (χ2n) is 4.75. The Labute approximate surface area is 89.9 Å². The predicted octanol–water partition coefficient (Wildman–Crippen LogP) is -0.443. The minimum Gasteiger partial charge on any atom is -0.381 e. The lowest BCUT2D eigenvalue weighted by atomic mass is 10.1. The fourth-order valence-electron chi connectivity index (χ4n) is 2.77. The van der Waals surface area contributed by atoms with Gasteiger partial charge in [-0.3, -0.25) is 4.90 Å². The summed E-state index contributed by atoms with van der Waals surface area (Å²) in [6.45, 7) is 5.45. The lowest BCUT2D eigenvalue weighted by Gasteiger charge is -2.28. The van der Waals surface area contributed by atoms with Gasteiger partial charge < -0.3 is 15.2 Å². The lowest BCUT2D eigenvalue weighted by Crippen LogP contribution is -2.41. The van der Waals surface area contributed by atoms with Crippen molar-refractivity contribution in [3.05, 3.63) is 11.1 Å². The van der Waals surface area contributed by atoms with Crippen LogP contribution in [0.25, 0.3) is 0 Å². The van der Waals surface area contributed by atoms with Gasteiger partial charge in [-0.15, -0.1) is 0 Å². The van der Waals surface area contributed by atoms with Crippen LogP contribution in [0.15, 0.2) is 11.1 Å². The Bertz CT molecular complexity index is 268. The van der Waals surface area contributed by atoms with E-state index in [9.17, 15) is 5.11 Å². The number of ether oxygens (including phenoxy) is 1. The Kier molecular flexibility index (Phi) is 2.52. The van der Waals surface area contributed by atoms with Crippen molar-refractivity contribution in [1.82, 2.24) is 10.2 Å². The second-order valence-corrected chi connectivity index (χ2v) is 4.75.